The van der Waals surface area contributed by atoms with Gasteiger partial charge in [-0.1, -0.05) is 66.2 Å². The van der Waals surface area contributed by atoms with E-state index in [0.717, 1.165) is 51.4 Å². The summed E-state index contributed by atoms with van der Waals surface area (Å²) in [7, 11) is 0. The van der Waals surface area contributed by atoms with E-state index < -0.39 is 11.9 Å². The van der Waals surface area contributed by atoms with Crippen molar-refractivity contribution in [2.75, 3.05) is 13.1 Å². The summed E-state index contributed by atoms with van der Waals surface area (Å²) in [5.41, 5.74) is 0. The summed E-state index contributed by atoms with van der Waals surface area (Å²) in [6, 6.07) is 0. The van der Waals surface area contributed by atoms with Crippen LogP contribution < -0.4 is 34.7 Å². The second-order valence-electron chi connectivity index (χ2n) is 6.33. The van der Waals surface area contributed by atoms with Gasteiger partial charge in [-0.25, -0.2) is 0 Å². The molecule has 2 atom stereocenters. The Labute approximate surface area is 164 Å². The van der Waals surface area contributed by atoms with Crippen LogP contribution in [0.25, 0.3) is 0 Å². The molecule has 130 valence electrons. The van der Waals surface area contributed by atoms with Crippen LogP contribution in [0.15, 0.2) is 0 Å². The number of nitrogens with zero attached hydrogens (tertiary/aromatic N) is 1. The Morgan fingerprint density at radius 1 is 0.870 bits per heavy atom. The molecule has 2 unspecified atom stereocenters. The molecular weight excluding hydrogens is 301 g/mol. The van der Waals surface area contributed by atoms with Gasteiger partial charge in [-0.15, -0.1) is 0 Å². The Bertz CT molecular complexity index is 305. The van der Waals surface area contributed by atoms with E-state index in [1.165, 1.54) is 4.90 Å². The van der Waals surface area contributed by atoms with Crippen molar-refractivity contribution < 1.29 is 44.3 Å². The third-order valence-corrected chi connectivity index (χ3v) is 4.51. The minimum atomic E-state index is -1.57. The van der Waals surface area contributed by atoms with E-state index in [4.69, 9.17) is 0 Å². The average molecular weight is 335 g/mol. The van der Waals surface area contributed by atoms with E-state index in [0.29, 0.717) is 24.9 Å². The zero-order valence-corrected chi connectivity index (χ0v) is 17.9. The molecule has 0 aliphatic heterocycles. The van der Waals surface area contributed by atoms with Gasteiger partial charge < -0.3 is 14.8 Å². The molecule has 0 saturated heterocycles. The second kappa shape index (κ2) is 15.5. The molecule has 0 fully saturated rings. The van der Waals surface area contributed by atoms with Crippen LogP contribution in [0.4, 0.5) is 0 Å². The predicted molar refractivity (Wildman–Crippen MR) is 88.2 cm³/mol. The van der Waals surface area contributed by atoms with Crippen LogP contribution in [-0.2, 0) is 9.59 Å². The van der Waals surface area contributed by atoms with Crippen molar-refractivity contribution >= 4 is 11.9 Å². The van der Waals surface area contributed by atoms with Gasteiger partial charge in [0.1, 0.15) is 5.97 Å². The van der Waals surface area contributed by atoms with E-state index in [2.05, 4.69) is 27.7 Å². The van der Waals surface area contributed by atoms with Crippen LogP contribution >= 0.6 is 0 Å². The fourth-order valence-electron chi connectivity index (χ4n) is 2.83. The molecule has 0 bridgehead atoms. The van der Waals surface area contributed by atoms with Crippen LogP contribution in [-0.4, -0.2) is 29.9 Å². The van der Waals surface area contributed by atoms with Crippen LogP contribution in [0.1, 0.15) is 79.1 Å². The number of carboxylic acid groups (broad SMARTS) is 1. The molecule has 0 aromatic rings. The summed E-state index contributed by atoms with van der Waals surface area (Å²) in [6.45, 7) is 9.61. The molecule has 0 saturated carbocycles. The Balaban J connectivity index is 0. The summed E-state index contributed by atoms with van der Waals surface area (Å²) in [6.07, 6.45) is 8.55. The minimum Gasteiger partial charge on any atom is -0.540 e. The average Bonchev–Trinajstić information content (AvgIpc) is 2.52. The first kappa shape index (κ1) is 25.2. The Morgan fingerprint density at radius 3 is 1.52 bits per heavy atom. The van der Waals surface area contributed by atoms with Gasteiger partial charge in [0.15, 0.2) is 0 Å². The first-order valence-corrected chi connectivity index (χ1v) is 9.00. The van der Waals surface area contributed by atoms with Crippen molar-refractivity contribution in [2.24, 2.45) is 11.8 Å². The molecule has 0 heterocycles. The van der Waals surface area contributed by atoms with Crippen molar-refractivity contribution in [1.29, 1.82) is 0 Å². The molecule has 4 nitrogen and oxygen atoms in total. The molecule has 0 aliphatic carbocycles. The predicted octanol–water partition coefficient (Wildman–Crippen LogP) is 0.00170. The fraction of sp³-hybridized carbons (Fsp3) is 0.889. The van der Waals surface area contributed by atoms with Gasteiger partial charge in [-0.2, -0.15) is 0 Å². The van der Waals surface area contributed by atoms with Gasteiger partial charge in [0.25, 0.3) is 5.91 Å². The van der Waals surface area contributed by atoms with E-state index >= 15 is 0 Å². The van der Waals surface area contributed by atoms with Crippen LogP contribution in [0, 0.1) is 11.8 Å². The number of hydrogen-bond donors (Lipinski definition) is 0. The Morgan fingerprint density at radius 2 is 1.26 bits per heavy atom. The van der Waals surface area contributed by atoms with Crippen LogP contribution in [0.3, 0.4) is 0 Å². The normalized spacial score (nSPS) is 13.0. The molecule has 5 heteroatoms. The maximum absolute atomic E-state index is 12.0. The molecule has 0 aromatic carbocycles. The quantitative estimate of drug-likeness (QED) is 0.373. The molecule has 0 rings (SSSR count). The third-order valence-electron chi connectivity index (χ3n) is 4.51. The molecule has 0 spiro atoms. The number of carbonyl (C=O) groups excluding carboxylic acids is 2. The van der Waals surface area contributed by atoms with Gasteiger partial charge >= 0.3 is 29.6 Å². The summed E-state index contributed by atoms with van der Waals surface area (Å²) in [5.74, 6) is -1.65. The zero-order chi connectivity index (χ0) is 17.0. The number of carboxylic acids is 1. The van der Waals surface area contributed by atoms with Gasteiger partial charge in [0.2, 0.25) is 0 Å². The molecule has 1 amide bonds. The Hall–Kier alpha value is -0.0600. The summed E-state index contributed by atoms with van der Waals surface area (Å²) in [5, 5.41) is 11.0. The molecule has 0 radical (unpaired) electrons. The number of amides is 1. The third kappa shape index (κ3) is 11.2. The van der Waals surface area contributed by atoms with Crippen molar-refractivity contribution in [2.45, 2.75) is 79.1 Å². The summed E-state index contributed by atoms with van der Waals surface area (Å²) in [4.78, 5) is 24.5. The van der Waals surface area contributed by atoms with Crippen molar-refractivity contribution in [3.8, 4) is 0 Å². The van der Waals surface area contributed by atoms with E-state index in [9.17, 15) is 14.7 Å². The van der Waals surface area contributed by atoms with E-state index in [1.54, 1.807) is 0 Å². The van der Waals surface area contributed by atoms with Gasteiger partial charge in [-0.05, 0) is 24.7 Å². The first-order chi connectivity index (χ1) is 10.5. The van der Waals surface area contributed by atoms with Crippen molar-refractivity contribution in [1.82, 2.24) is 4.90 Å². The Kier molecular flexibility index (Phi) is 16.9. The number of rotatable bonds is 12. The van der Waals surface area contributed by atoms with Crippen molar-refractivity contribution in [3.63, 3.8) is 0 Å². The molecule has 23 heavy (non-hydrogen) atoms. The van der Waals surface area contributed by atoms with E-state index in [1.807, 2.05) is 0 Å². The fourth-order valence-corrected chi connectivity index (χ4v) is 2.83. The largest absolute Gasteiger partial charge is 1.00 e. The zero-order valence-electron chi connectivity index (χ0n) is 15.9. The topological polar surface area (TPSA) is 60.4 Å². The second-order valence-corrected chi connectivity index (χ2v) is 6.33. The molecule has 0 aromatic heterocycles. The van der Waals surface area contributed by atoms with Gasteiger partial charge in [0.05, 0.1) is 0 Å². The van der Waals surface area contributed by atoms with Crippen LogP contribution in [0.5, 0.6) is 0 Å². The summed E-state index contributed by atoms with van der Waals surface area (Å²) < 4.78 is 0. The molecule has 0 aliphatic rings. The molecular formula is C18H34NNaO3. The number of hydrogen-bond acceptors (Lipinski definition) is 3. The smallest absolute Gasteiger partial charge is 0.540 e. The number of carbonyl (C=O) groups is 2. The first-order valence-electron chi connectivity index (χ1n) is 9.00. The van der Waals surface area contributed by atoms with Crippen LogP contribution in [0.2, 0.25) is 0 Å². The standard InChI is InChI=1S/C18H35NO3.Na/c1-5-9-11-15(7-3)13-19(17(20)18(21)22)14-16(8-4)12-10-6-2;/h15-16H,5-14H2,1-4H3,(H,21,22);/q;+1/p-1. The summed E-state index contributed by atoms with van der Waals surface area (Å²) >= 11 is 0. The maximum atomic E-state index is 12.0. The maximum Gasteiger partial charge on any atom is 1.00 e. The van der Waals surface area contributed by atoms with E-state index in [-0.39, 0.29) is 29.6 Å². The monoisotopic (exact) mass is 335 g/mol. The minimum absolute atomic E-state index is 0. The molecule has 0 N–H and O–H groups in total. The van der Waals surface area contributed by atoms with Gasteiger partial charge in [0, 0.05) is 13.1 Å². The SMILES string of the molecule is CCCCC(CC)CN(CC(CC)CCCC)C(=O)C(=O)[O-].[Na+]. The number of aliphatic carboxylic acids is 1. The number of unbranched alkanes of at least 4 members (excludes halogenated alkanes) is 2. The van der Waals surface area contributed by atoms with Gasteiger partial charge in [-0.3, -0.25) is 4.79 Å². The van der Waals surface area contributed by atoms with Crippen molar-refractivity contribution in [3.05, 3.63) is 0 Å².